The topological polar surface area (TPSA) is 87.7 Å². The number of rotatable bonds is 8. The fourth-order valence-electron chi connectivity index (χ4n) is 3.65. The molecule has 0 fully saturated rings. The predicted molar refractivity (Wildman–Crippen MR) is 118 cm³/mol. The second-order valence-corrected chi connectivity index (χ2v) is 7.10. The van der Waals surface area contributed by atoms with Crippen molar-refractivity contribution in [2.24, 2.45) is 0 Å². The highest BCUT2D eigenvalue weighted by atomic mass is 15.2. The van der Waals surface area contributed by atoms with Gasteiger partial charge in [-0.25, -0.2) is 9.97 Å². The van der Waals surface area contributed by atoms with E-state index >= 15 is 0 Å². The van der Waals surface area contributed by atoms with Gasteiger partial charge in [0.1, 0.15) is 0 Å². The van der Waals surface area contributed by atoms with E-state index in [0.717, 1.165) is 54.9 Å². The maximum Gasteiger partial charge on any atom is 0.200 e. The van der Waals surface area contributed by atoms with Gasteiger partial charge in [-0.1, -0.05) is 60.7 Å². The zero-order chi connectivity index (χ0) is 20.1. The summed E-state index contributed by atoms with van der Waals surface area (Å²) in [5, 5.41) is 0. The quantitative estimate of drug-likeness (QED) is 0.438. The minimum atomic E-state index is 0.564. The summed E-state index contributed by atoms with van der Waals surface area (Å²) in [7, 11) is 0. The molecule has 0 amide bonds. The molecular formula is C23H26N6. The van der Waals surface area contributed by atoms with E-state index in [1.807, 2.05) is 48.8 Å². The molecule has 6 heteroatoms. The van der Waals surface area contributed by atoms with Crippen molar-refractivity contribution in [3.05, 3.63) is 73.1 Å². The van der Waals surface area contributed by atoms with Gasteiger partial charge in [0.05, 0.1) is 23.8 Å². The molecule has 0 saturated heterocycles. The Morgan fingerprint density at radius 1 is 0.586 bits per heavy atom. The van der Waals surface area contributed by atoms with Crippen molar-refractivity contribution in [2.45, 2.75) is 32.4 Å². The van der Waals surface area contributed by atoms with Gasteiger partial charge < -0.3 is 20.6 Å². The summed E-state index contributed by atoms with van der Waals surface area (Å²) < 4.78 is 4.19. The van der Waals surface area contributed by atoms with Gasteiger partial charge in [-0.05, 0) is 30.4 Å². The number of aromatic nitrogens is 4. The molecule has 4 rings (SSSR count). The molecular weight excluding hydrogens is 360 g/mol. The van der Waals surface area contributed by atoms with E-state index in [0.29, 0.717) is 11.9 Å². The SMILES string of the molecule is Nc1ncc(-c2ccccc2)n1CCCCCn1c(-c2ccccc2)cnc1N. The summed E-state index contributed by atoms with van der Waals surface area (Å²) in [6, 6.07) is 20.5. The third-order valence-corrected chi connectivity index (χ3v) is 5.18. The van der Waals surface area contributed by atoms with Crippen LogP contribution in [0.15, 0.2) is 73.1 Å². The first-order chi connectivity index (χ1) is 14.2. The first-order valence-electron chi connectivity index (χ1n) is 9.97. The van der Waals surface area contributed by atoms with Crippen molar-refractivity contribution in [3.8, 4) is 22.5 Å². The summed E-state index contributed by atoms with van der Waals surface area (Å²) >= 11 is 0. The van der Waals surface area contributed by atoms with Gasteiger partial charge in [-0.2, -0.15) is 0 Å². The van der Waals surface area contributed by atoms with Gasteiger partial charge in [0.2, 0.25) is 11.9 Å². The third kappa shape index (κ3) is 4.16. The Morgan fingerprint density at radius 2 is 1.00 bits per heavy atom. The molecule has 0 aliphatic carbocycles. The molecule has 0 unspecified atom stereocenters. The van der Waals surface area contributed by atoms with E-state index < -0.39 is 0 Å². The van der Waals surface area contributed by atoms with E-state index in [1.165, 1.54) is 0 Å². The Kier molecular flexibility index (Phi) is 5.61. The normalized spacial score (nSPS) is 11.0. The molecule has 0 atom stereocenters. The molecule has 2 heterocycles. The van der Waals surface area contributed by atoms with Crippen molar-refractivity contribution in [1.82, 2.24) is 19.1 Å². The summed E-state index contributed by atoms with van der Waals surface area (Å²) in [5.41, 5.74) is 16.6. The number of unbranched alkanes of at least 4 members (excludes halogenated alkanes) is 2. The molecule has 2 aromatic heterocycles. The van der Waals surface area contributed by atoms with Crippen LogP contribution < -0.4 is 11.5 Å². The lowest BCUT2D eigenvalue weighted by Crippen LogP contribution is -2.07. The van der Waals surface area contributed by atoms with Crippen molar-refractivity contribution < 1.29 is 0 Å². The van der Waals surface area contributed by atoms with Crippen molar-refractivity contribution in [3.63, 3.8) is 0 Å². The van der Waals surface area contributed by atoms with E-state index in [2.05, 4.69) is 43.4 Å². The molecule has 4 N–H and O–H groups in total. The molecule has 6 nitrogen and oxygen atoms in total. The maximum absolute atomic E-state index is 6.10. The molecule has 4 aromatic rings. The number of anilines is 2. The van der Waals surface area contributed by atoms with Crippen molar-refractivity contribution >= 4 is 11.9 Å². The average molecular weight is 387 g/mol. The Hall–Kier alpha value is -3.54. The lowest BCUT2D eigenvalue weighted by atomic mass is 10.1. The van der Waals surface area contributed by atoms with Crippen LogP contribution in [0, 0.1) is 0 Å². The van der Waals surface area contributed by atoms with Crippen LogP contribution >= 0.6 is 0 Å². The summed E-state index contributed by atoms with van der Waals surface area (Å²) in [6.07, 6.45) is 6.81. The molecule has 2 aromatic carbocycles. The van der Waals surface area contributed by atoms with E-state index in [9.17, 15) is 0 Å². The molecule has 0 saturated carbocycles. The van der Waals surface area contributed by atoms with Crippen LogP contribution in [-0.2, 0) is 13.1 Å². The summed E-state index contributed by atoms with van der Waals surface area (Å²) in [4.78, 5) is 8.60. The van der Waals surface area contributed by atoms with Crippen LogP contribution in [0.25, 0.3) is 22.5 Å². The van der Waals surface area contributed by atoms with Crippen LogP contribution in [0.4, 0.5) is 11.9 Å². The van der Waals surface area contributed by atoms with Crippen LogP contribution in [0.3, 0.4) is 0 Å². The Morgan fingerprint density at radius 3 is 1.41 bits per heavy atom. The van der Waals surface area contributed by atoms with Gasteiger partial charge in [0.25, 0.3) is 0 Å². The minimum absolute atomic E-state index is 0.564. The predicted octanol–water partition coefficient (Wildman–Crippen LogP) is 4.45. The number of imidazole rings is 2. The highest BCUT2D eigenvalue weighted by molar-refractivity contribution is 5.61. The van der Waals surface area contributed by atoms with Gasteiger partial charge in [-0.15, -0.1) is 0 Å². The van der Waals surface area contributed by atoms with Gasteiger partial charge >= 0.3 is 0 Å². The first kappa shape index (κ1) is 18.8. The fraction of sp³-hybridized carbons (Fsp3) is 0.217. The Labute approximate surface area is 170 Å². The monoisotopic (exact) mass is 386 g/mol. The van der Waals surface area contributed by atoms with E-state index in [-0.39, 0.29) is 0 Å². The van der Waals surface area contributed by atoms with Crippen LogP contribution in [-0.4, -0.2) is 19.1 Å². The number of nitrogens with two attached hydrogens (primary N) is 2. The standard InChI is InChI=1S/C23H26N6/c24-22-26-16-20(18-10-4-1-5-11-18)28(22)14-8-3-9-15-29-21(17-27-23(29)25)19-12-6-2-7-13-19/h1-2,4-7,10-13,16-17H,3,8-9,14-15H2,(H2,24,26)(H2,25,27). The Balaban J connectivity index is 1.35. The van der Waals surface area contributed by atoms with Crippen molar-refractivity contribution in [2.75, 3.05) is 11.5 Å². The first-order valence-corrected chi connectivity index (χ1v) is 9.97. The molecule has 0 radical (unpaired) electrons. The number of hydrogen-bond donors (Lipinski definition) is 2. The zero-order valence-electron chi connectivity index (χ0n) is 16.4. The average Bonchev–Trinajstić information content (AvgIpc) is 3.32. The minimum Gasteiger partial charge on any atom is -0.369 e. The smallest absolute Gasteiger partial charge is 0.200 e. The lowest BCUT2D eigenvalue weighted by Gasteiger charge is -2.12. The van der Waals surface area contributed by atoms with E-state index in [4.69, 9.17) is 11.5 Å². The van der Waals surface area contributed by atoms with Crippen LogP contribution in [0.2, 0.25) is 0 Å². The number of nitrogen functional groups attached to an aromatic ring is 2. The highest BCUT2D eigenvalue weighted by Crippen LogP contribution is 2.24. The van der Waals surface area contributed by atoms with E-state index in [1.54, 1.807) is 0 Å². The fourth-order valence-corrected chi connectivity index (χ4v) is 3.65. The third-order valence-electron chi connectivity index (χ3n) is 5.18. The summed E-state index contributed by atoms with van der Waals surface area (Å²) in [6.45, 7) is 1.70. The molecule has 0 spiro atoms. The van der Waals surface area contributed by atoms with Crippen LogP contribution in [0.5, 0.6) is 0 Å². The molecule has 148 valence electrons. The van der Waals surface area contributed by atoms with Crippen LogP contribution in [0.1, 0.15) is 19.3 Å². The largest absolute Gasteiger partial charge is 0.369 e. The van der Waals surface area contributed by atoms with Gasteiger partial charge in [0, 0.05) is 13.1 Å². The summed E-state index contributed by atoms with van der Waals surface area (Å²) in [5.74, 6) is 1.13. The molecule has 0 aliphatic rings. The second-order valence-electron chi connectivity index (χ2n) is 7.10. The molecule has 29 heavy (non-hydrogen) atoms. The molecule has 0 aliphatic heterocycles. The highest BCUT2D eigenvalue weighted by Gasteiger charge is 2.10. The van der Waals surface area contributed by atoms with Crippen molar-refractivity contribution in [1.29, 1.82) is 0 Å². The lowest BCUT2D eigenvalue weighted by molar-refractivity contribution is 0.554. The second kappa shape index (κ2) is 8.65. The number of benzene rings is 2. The van der Waals surface area contributed by atoms with Gasteiger partial charge in [-0.3, -0.25) is 0 Å². The Bertz CT molecular complexity index is 964. The maximum atomic E-state index is 6.10. The van der Waals surface area contributed by atoms with Gasteiger partial charge in [0.15, 0.2) is 0 Å². The number of nitrogens with zero attached hydrogens (tertiary/aromatic N) is 4. The molecule has 0 bridgehead atoms. The zero-order valence-corrected chi connectivity index (χ0v) is 16.4. The number of hydrogen-bond acceptors (Lipinski definition) is 4.